The Labute approximate surface area is 229 Å². The Morgan fingerprint density at radius 2 is 0.947 bits per heavy atom. The Balaban J connectivity index is 1.85. The van der Waals surface area contributed by atoms with E-state index in [1.54, 1.807) is 24.3 Å². The molecule has 0 aromatic heterocycles. The quantitative estimate of drug-likeness (QED) is 0.191. The molecule has 38 heavy (non-hydrogen) atoms. The fraction of sp³-hybridized carbons (Fsp3) is 0.562. The first-order chi connectivity index (χ1) is 18.3. The first-order valence-corrected chi connectivity index (χ1v) is 14.6. The van der Waals surface area contributed by atoms with Crippen LogP contribution in [0.5, 0.6) is 0 Å². The number of unbranched alkanes of at least 4 members (excludes halogenated alkanes) is 4. The fourth-order valence-electron chi connectivity index (χ4n) is 5.19. The largest absolute Gasteiger partial charge is 0.508 e. The summed E-state index contributed by atoms with van der Waals surface area (Å²) in [5.74, 6) is -3.04. The van der Waals surface area contributed by atoms with Crippen molar-refractivity contribution in [3.63, 3.8) is 0 Å². The van der Waals surface area contributed by atoms with Gasteiger partial charge in [0.05, 0.1) is 5.57 Å². The summed E-state index contributed by atoms with van der Waals surface area (Å²) < 4.78 is 0. The summed E-state index contributed by atoms with van der Waals surface area (Å²) in [4.78, 5) is 4.67. The van der Waals surface area contributed by atoms with Crippen LogP contribution in [0.4, 0.5) is 11.4 Å². The van der Waals surface area contributed by atoms with E-state index in [0.29, 0.717) is 5.56 Å². The zero-order chi connectivity index (χ0) is 27.8. The molecule has 2 aromatic carbocycles. The maximum Gasteiger partial charge on any atom is 0.235 e. The van der Waals surface area contributed by atoms with Crippen LogP contribution in [0, 0.1) is 0 Å². The molecule has 0 heterocycles. The van der Waals surface area contributed by atoms with Gasteiger partial charge < -0.3 is 30.2 Å². The average Bonchev–Trinajstić information content (AvgIpc) is 2.93. The number of hydrogen-bond acceptors (Lipinski definition) is 6. The van der Waals surface area contributed by atoms with Crippen LogP contribution < -0.4 is 9.80 Å². The van der Waals surface area contributed by atoms with E-state index >= 15 is 0 Å². The number of rotatable bonds is 16. The molecule has 1 aliphatic carbocycles. The zero-order valence-electron chi connectivity index (χ0n) is 23.8. The molecule has 0 aliphatic heterocycles. The minimum Gasteiger partial charge on any atom is -0.508 e. The number of anilines is 2. The fourth-order valence-corrected chi connectivity index (χ4v) is 5.19. The standard InChI is InChI=1S/C32H48N2O4/c1-5-9-21-33(22-10-6-2)27-17-13-25(14-18-27)29-30(35)31(36,32(29,37)38)26-15-19-28(20-16-26)34(23-11-7-3)24-12-8-4/h13-20,35-38H,5-12,21-24H2,1-4H3. The lowest BCUT2D eigenvalue weighted by molar-refractivity contribution is -0.258. The lowest BCUT2D eigenvalue weighted by Gasteiger charge is -2.49. The highest BCUT2D eigenvalue weighted by Gasteiger charge is 2.66. The molecule has 0 bridgehead atoms. The third-order valence-electron chi connectivity index (χ3n) is 7.73. The van der Waals surface area contributed by atoms with Crippen molar-refractivity contribution in [3.05, 3.63) is 65.4 Å². The van der Waals surface area contributed by atoms with Gasteiger partial charge in [0.15, 0.2) is 0 Å². The third-order valence-corrected chi connectivity index (χ3v) is 7.73. The molecular formula is C32H48N2O4. The van der Waals surface area contributed by atoms with Crippen LogP contribution in [0.1, 0.15) is 90.2 Å². The average molecular weight is 525 g/mol. The van der Waals surface area contributed by atoms with Gasteiger partial charge in [-0.15, -0.1) is 0 Å². The summed E-state index contributed by atoms with van der Waals surface area (Å²) in [5.41, 5.74) is 0.477. The molecule has 0 spiro atoms. The molecule has 210 valence electrons. The van der Waals surface area contributed by atoms with Crippen LogP contribution in [-0.4, -0.2) is 52.4 Å². The summed E-state index contributed by atoms with van der Waals surface area (Å²) in [5, 5.41) is 44.4. The van der Waals surface area contributed by atoms with E-state index in [1.807, 2.05) is 24.3 Å². The van der Waals surface area contributed by atoms with Crippen molar-refractivity contribution in [1.82, 2.24) is 0 Å². The molecule has 0 saturated carbocycles. The van der Waals surface area contributed by atoms with Crippen molar-refractivity contribution in [2.45, 2.75) is 90.4 Å². The predicted octanol–water partition coefficient (Wildman–Crippen LogP) is 6.35. The van der Waals surface area contributed by atoms with Crippen molar-refractivity contribution in [1.29, 1.82) is 0 Å². The van der Waals surface area contributed by atoms with Crippen molar-refractivity contribution >= 4 is 16.9 Å². The maximum absolute atomic E-state index is 11.3. The van der Waals surface area contributed by atoms with Crippen molar-refractivity contribution in [2.75, 3.05) is 36.0 Å². The van der Waals surface area contributed by atoms with E-state index in [4.69, 9.17) is 0 Å². The first-order valence-electron chi connectivity index (χ1n) is 14.6. The topological polar surface area (TPSA) is 87.4 Å². The van der Waals surface area contributed by atoms with Crippen LogP contribution in [-0.2, 0) is 5.60 Å². The van der Waals surface area contributed by atoms with Gasteiger partial charge in [-0.05, 0) is 61.1 Å². The summed E-state index contributed by atoms with van der Waals surface area (Å²) >= 11 is 0. The van der Waals surface area contributed by atoms with E-state index in [0.717, 1.165) is 88.9 Å². The Bertz CT molecular complexity index is 1020. The Hall–Kier alpha value is -2.54. The number of nitrogens with zero attached hydrogens (tertiary/aromatic N) is 2. The van der Waals surface area contributed by atoms with Gasteiger partial charge in [-0.1, -0.05) is 77.6 Å². The van der Waals surface area contributed by atoms with Crippen molar-refractivity contribution in [3.8, 4) is 0 Å². The Morgan fingerprint density at radius 3 is 1.29 bits per heavy atom. The van der Waals surface area contributed by atoms with Gasteiger partial charge in [0, 0.05) is 37.6 Å². The SMILES string of the molecule is CCCCN(CCCC)c1ccc(C2=C(O)C(O)(c3ccc(N(CCCC)CCCC)cc3)C2(O)O)cc1. The molecule has 0 fully saturated rings. The smallest absolute Gasteiger partial charge is 0.235 e. The molecule has 0 radical (unpaired) electrons. The molecule has 2 aromatic rings. The molecule has 4 N–H and O–H groups in total. The highest BCUT2D eigenvalue weighted by atomic mass is 16.5. The van der Waals surface area contributed by atoms with Crippen LogP contribution in [0.2, 0.25) is 0 Å². The van der Waals surface area contributed by atoms with Gasteiger partial charge in [0.1, 0.15) is 5.76 Å². The van der Waals surface area contributed by atoms with Gasteiger partial charge >= 0.3 is 0 Å². The molecule has 1 aliphatic rings. The number of aliphatic hydroxyl groups excluding tert-OH is 1. The normalized spacial score (nSPS) is 18.4. The second-order valence-electron chi connectivity index (χ2n) is 10.6. The highest BCUT2D eigenvalue weighted by molar-refractivity contribution is 5.83. The monoisotopic (exact) mass is 524 g/mol. The van der Waals surface area contributed by atoms with E-state index in [2.05, 4.69) is 37.5 Å². The van der Waals surface area contributed by atoms with Crippen molar-refractivity contribution in [2.24, 2.45) is 0 Å². The Kier molecular flexibility index (Phi) is 10.7. The summed E-state index contributed by atoms with van der Waals surface area (Å²) in [6, 6.07) is 14.6. The number of benzene rings is 2. The van der Waals surface area contributed by atoms with E-state index in [-0.39, 0.29) is 11.1 Å². The number of aliphatic hydroxyl groups is 4. The van der Waals surface area contributed by atoms with Gasteiger partial charge in [-0.3, -0.25) is 0 Å². The molecule has 0 saturated heterocycles. The van der Waals surface area contributed by atoms with E-state index < -0.39 is 17.1 Å². The third kappa shape index (κ3) is 6.03. The van der Waals surface area contributed by atoms with Crippen LogP contribution in [0.3, 0.4) is 0 Å². The molecule has 1 unspecified atom stereocenters. The predicted molar refractivity (Wildman–Crippen MR) is 158 cm³/mol. The molecular weight excluding hydrogens is 476 g/mol. The summed E-state index contributed by atoms with van der Waals surface area (Å²) in [6.45, 7) is 12.5. The summed E-state index contributed by atoms with van der Waals surface area (Å²) in [6.07, 6.45) is 8.84. The summed E-state index contributed by atoms with van der Waals surface area (Å²) in [7, 11) is 0. The molecule has 6 nitrogen and oxygen atoms in total. The van der Waals surface area contributed by atoms with Gasteiger partial charge in [0.25, 0.3) is 0 Å². The zero-order valence-corrected chi connectivity index (χ0v) is 23.8. The lowest BCUT2D eigenvalue weighted by Crippen LogP contribution is -2.62. The van der Waals surface area contributed by atoms with Gasteiger partial charge in [-0.25, -0.2) is 0 Å². The lowest BCUT2D eigenvalue weighted by atomic mass is 9.66. The van der Waals surface area contributed by atoms with E-state index in [1.165, 1.54) is 0 Å². The first kappa shape index (κ1) is 30.0. The maximum atomic E-state index is 11.3. The Morgan fingerprint density at radius 1 is 0.579 bits per heavy atom. The van der Waals surface area contributed by atoms with Crippen LogP contribution in [0.25, 0.3) is 5.57 Å². The van der Waals surface area contributed by atoms with E-state index in [9.17, 15) is 20.4 Å². The van der Waals surface area contributed by atoms with Gasteiger partial charge in [-0.2, -0.15) is 0 Å². The van der Waals surface area contributed by atoms with Crippen molar-refractivity contribution < 1.29 is 20.4 Å². The van der Waals surface area contributed by atoms with Crippen LogP contribution in [0.15, 0.2) is 54.3 Å². The highest BCUT2D eigenvalue weighted by Crippen LogP contribution is 2.55. The molecule has 6 heteroatoms. The minimum absolute atomic E-state index is 0.0585. The minimum atomic E-state index is -2.62. The molecule has 1 atom stereocenters. The molecule has 0 amide bonds. The second kappa shape index (κ2) is 13.5. The van der Waals surface area contributed by atoms with Gasteiger partial charge in [0.2, 0.25) is 11.4 Å². The second-order valence-corrected chi connectivity index (χ2v) is 10.6. The number of hydrogen-bond donors (Lipinski definition) is 4. The van der Waals surface area contributed by atoms with Crippen LogP contribution >= 0.6 is 0 Å². The molecule has 3 rings (SSSR count).